The minimum Gasteiger partial charge on any atom is -0.497 e. The third kappa shape index (κ3) is 3.55. The zero-order chi connectivity index (χ0) is 17.8. The Labute approximate surface area is 145 Å². The van der Waals surface area contributed by atoms with Crippen molar-refractivity contribution in [1.82, 2.24) is 4.90 Å². The monoisotopic (exact) mass is 341 g/mol. The molecule has 2 amide bonds. The van der Waals surface area contributed by atoms with Crippen molar-refractivity contribution in [1.29, 1.82) is 0 Å². The lowest BCUT2D eigenvalue weighted by molar-refractivity contribution is -0.383. The average Bonchev–Trinajstić information content (AvgIpc) is 3.12. The molecule has 1 aliphatic rings. The van der Waals surface area contributed by atoms with Crippen molar-refractivity contribution in [2.24, 2.45) is 0 Å². The Hall–Kier alpha value is -3.09. The van der Waals surface area contributed by atoms with Crippen LogP contribution in [0.5, 0.6) is 5.75 Å². The van der Waals surface area contributed by atoms with Gasteiger partial charge in [0.2, 0.25) is 0 Å². The summed E-state index contributed by atoms with van der Waals surface area (Å²) >= 11 is 0. The molecule has 25 heavy (non-hydrogen) atoms. The van der Waals surface area contributed by atoms with Gasteiger partial charge in [0.1, 0.15) is 11.4 Å². The van der Waals surface area contributed by atoms with E-state index >= 15 is 0 Å². The summed E-state index contributed by atoms with van der Waals surface area (Å²) in [6.45, 7) is 0.614. The van der Waals surface area contributed by atoms with Crippen LogP contribution in [0.4, 0.5) is 16.2 Å². The highest BCUT2D eigenvalue weighted by Gasteiger charge is 2.31. The van der Waals surface area contributed by atoms with Crippen LogP contribution in [0.15, 0.2) is 48.5 Å². The van der Waals surface area contributed by atoms with Gasteiger partial charge in [0.25, 0.3) is 5.69 Å². The molecule has 0 radical (unpaired) electrons. The highest BCUT2D eigenvalue weighted by Crippen LogP contribution is 2.34. The van der Waals surface area contributed by atoms with Gasteiger partial charge in [0.05, 0.1) is 18.1 Å². The lowest BCUT2D eigenvalue weighted by Crippen LogP contribution is -2.34. The molecular formula is C18H19N3O4. The molecule has 1 heterocycles. The Kier molecular flexibility index (Phi) is 4.83. The van der Waals surface area contributed by atoms with E-state index in [0.29, 0.717) is 6.54 Å². The van der Waals surface area contributed by atoms with Gasteiger partial charge in [0, 0.05) is 12.6 Å². The van der Waals surface area contributed by atoms with Crippen molar-refractivity contribution in [2.45, 2.75) is 18.9 Å². The molecular weight excluding hydrogens is 322 g/mol. The number of rotatable bonds is 4. The van der Waals surface area contributed by atoms with E-state index in [0.717, 1.165) is 24.2 Å². The number of para-hydroxylation sites is 2. The molecule has 0 aliphatic carbocycles. The van der Waals surface area contributed by atoms with E-state index in [4.69, 9.17) is 4.74 Å². The fraction of sp³-hybridized carbons (Fsp3) is 0.278. The first-order chi connectivity index (χ1) is 12.1. The second kappa shape index (κ2) is 7.21. The molecule has 130 valence electrons. The number of hydrogen-bond donors (Lipinski definition) is 1. The molecule has 0 bridgehead atoms. The molecule has 1 atom stereocenters. The summed E-state index contributed by atoms with van der Waals surface area (Å²) in [6, 6.07) is 13.4. The Bertz CT molecular complexity index is 776. The fourth-order valence-electron chi connectivity index (χ4n) is 3.11. The molecule has 1 saturated heterocycles. The van der Waals surface area contributed by atoms with Gasteiger partial charge in [-0.3, -0.25) is 10.1 Å². The van der Waals surface area contributed by atoms with Crippen molar-refractivity contribution in [3.63, 3.8) is 0 Å². The molecule has 2 aromatic carbocycles. The van der Waals surface area contributed by atoms with Gasteiger partial charge in [-0.1, -0.05) is 24.3 Å². The van der Waals surface area contributed by atoms with Crippen molar-refractivity contribution in [3.05, 3.63) is 64.2 Å². The van der Waals surface area contributed by atoms with Gasteiger partial charge in [-0.05, 0) is 36.6 Å². The van der Waals surface area contributed by atoms with Gasteiger partial charge in [-0.2, -0.15) is 0 Å². The minimum atomic E-state index is -0.499. The van der Waals surface area contributed by atoms with E-state index in [-0.39, 0.29) is 23.4 Å². The number of amides is 2. The van der Waals surface area contributed by atoms with Gasteiger partial charge in [-0.15, -0.1) is 0 Å². The lowest BCUT2D eigenvalue weighted by Gasteiger charge is -2.25. The van der Waals surface area contributed by atoms with Crippen LogP contribution in [0.25, 0.3) is 0 Å². The van der Waals surface area contributed by atoms with E-state index in [9.17, 15) is 14.9 Å². The topological polar surface area (TPSA) is 84.7 Å². The van der Waals surface area contributed by atoms with E-state index in [1.54, 1.807) is 24.1 Å². The molecule has 1 aliphatic heterocycles. The van der Waals surface area contributed by atoms with E-state index in [2.05, 4.69) is 5.32 Å². The molecule has 7 nitrogen and oxygen atoms in total. The summed E-state index contributed by atoms with van der Waals surface area (Å²) in [6.07, 6.45) is 1.75. The van der Waals surface area contributed by atoms with Crippen LogP contribution in [-0.4, -0.2) is 29.5 Å². The number of nitro benzene ring substituents is 1. The normalized spacial score (nSPS) is 16.5. The van der Waals surface area contributed by atoms with Gasteiger partial charge >= 0.3 is 6.03 Å². The van der Waals surface area contributed by atoms with Crippen LogP contribution >= 0.6 is 0 Å². The predicted molar refractivity (Wildman–Crippen MR) is 93.8 cm³/mol. The molecule has 0 spiro atoms. The van der Waals surface area contributed by atoms with E-state index in [1.165, 1.54) is 12.1 Å². The highest BCUT2D eigenvalue weighted by atomic mass is 16.6. The number of hydrogen-bond acceptors (Lipinski definition) is 4. The van der Waals surface area contributed by atoms with Crippen LogP contribution in [0.1, 0.15) is 24.4 Å². The smallest absolute Gasteiger partial charge is 0.322 e. The van der Waals surface area contributed by atoms with Crippen LogP contribution in [0.3, 0.4) is 0 Å². The minimum absolute atomic E-state index is 0.0475. The van der Waals surface area contributed by atoms with Crippen LogP contribution in [0, 0.1) is 10.1 Å². The van der Waals surface area contributed by atoms with Crippen LogP contribution in [0.2, 0.25) is 0 Å². The number of ether oxygens (including phenoxy) is 1. The van der Waals surface area contributed by atoms with Crippen molar-refractivity contribution in [2.75, 3.05) is 19.0 Å². The first-order valence-electron chi connectivity index (χ1n) is 8.05. The number of urea groups is 1. The molecule has 7 heteroatoms. The highest BCUT2D eigenvalue weighted by molar-refractivity contribution is 5.92. The van der Waals surface area contributed by atoms with Crippen molar-refractivity contribution in [3.8, 4) is 5.75 Å². The third-order valence-electron chi connectivity index (χ3n) is 4.36. The lowest BCUT2D eigenvalue weighted by atomic mass is 10.0. The number of carbonyl (C=O) groups is 1. The number of nitrogens with one attached hydrogen (secondary N) is 1. The van der Waals surface area contributed by atoms with Crippen LogP contribution in [-0.2, 0) is 0 Å². The van der Waals surface area contributed by atoms with E-state index < -0.39 is 4.92 Å². The van der Waals surface area contributed by atoms with Crippen LogP contribution < -0.4 is 10.1 Å². The molecule has 1 unspecified atom stereocenters. The molecule has 3 rings (SSSR count). The maximum atomic E-state index is 12.7. The fourth-order valence-corrected chi connectivity index (χ4v) is 3.11. The second-order valence-corrected chi connectivity index (χ2v) is 5.83. The zero-order valence-electron chi connectivity index (χ0n) is 13.8. The first kappa shape index (κ1) is 16.8. The second-order valence-electron chi connectivity index (χ2n) is 5.83. The maximum Gasteiger partial charge on any atom is 0.322 e. The number of methoxy groups -OCH3 is 1. The third-order valence-corrected chi connectivity index (χ3v) is 4.36. The predicted octanol–water partition coefficient (Wildman–Crippen LogP) is 3.97. The van der Waals surface area contributed by atoms with E-state index in [1.807, 2.05) is 24.3 Å². The summed E-state index contributed by atoms with van der Waals surface area (Å²) in [7, 11) is 1.61. The molecule has 0 saturated carbocycles. The summed E-state index contributed by atoms with van der Waals surface area (Å²) in [5, 5.41) is 13.8. The molecule has 1 N–H and O–H groups in total. The van der Waals surface area contributed by atoms with Crippen molar-refractivity contribution < 1.29 is 14.5 Å². The Morgan fingerprint density at radius 1 is 1.24 bits per heavy atom. The van der Waals surface area contributed by atoms with Crippen molar-refractivity contribution >= 4 is 17.4 Å². The average molecular weight is 341 g/mol. The van der Waals surface area contributed by atoms with Gasteiger partial charge in [0.15, 0.2) is 0 Å². The largest absolute Gasteiger partial charge is 0.497 e. The molecule has 0 aromatic heterocycles. The number of likely N-dealkylation sites (tertiary alicyclic amines) is 1. The Morgan fingerprint density at radius 3 is 2.64 bits per heavy atom. The molecule has 2 aromatic rings. The summed E-state index contributed by atoms with van der Waals surface area (Å²) in [4.78, 5) is 25.0. The Morgan fingerprint density at radius 2 is 1.96 bits per heavy atom. The number of carbonyl (C=O) groups excluding carboxylic acids is 1. The van der Waals surface area contributed by atoms with Gasteiger partial charge in [-0.25, -0.2) is 4.79 Å². The first-order valence-corrected chi connectivity index (χ1v) is 8.05. The zero-order valence-corrected chi connectivity index (χ0v) is 13.8. The standard InChI is InChI=1S/C18H19N3O4/c1-25-14-10-8-13(9-11-14)16-7-4-12-20(16)18(22)19-15-5-2-3-6-17(15)21(23)24/h2-3,5-6,8-11,16H,4,7,12H2,1H3,(H,19,22). The summed E-state index contributed by atoms with van der Waals surface area (Å²) in [5.74, 6) is 0.762. The quantitative estimate of drug-likeness (QED) is 0.673. The maximum absolute atomic E-state index is 12.7. The number of nitro groups is 1. The summed E-state index contributed by atoms with van der Waals surface area (Å²) < 4.78 is 5.16. The summed E-state index contributed by atoms with van der Waals surface area (Å²) in [5.41, 5.74) is 1.12. The molecule has 1 fully saturated rings. The number of benzene rings is 2. The number of nitrogens with zero attached hydrogens (tertiary/aromatic N) is 2. The SMILES string of the molecule is COc1ccc(C2CCCN2C(=O)Nc2ccccc2[N+](=O)[O-])cc1. The Balaban J connectivity index is 1.78. The number of anilines is 1. The van der Waals surface area contributed by atoms with Gasteiger partial charge < -0.3 is 15.0 Å².